The molecule has 24 heteroatoms. The smallest absolute Gasteiger partial charge is 0.251 e. The fourth-order valence-electron chi connectivity index (χ4n) is 6.13. The van der Waals surface area contributed by atoms with Gasteiger partial charge in [0.25, 0.3) is 11.9 Å². The van der Waals surface area contributed by atoms with Gasteiger partial charge in [-0.05, 0) is 42.2 Å². The number of nitrogens with zero attached hydrogens (tertiary/aromatic N) is 14. The molecule has 324 valence electrons. The number of para-hydroxylation sites is 3. The van der Waals surface area contributed by atoms with Gasteiger partial charge in [-0.2, -0.15) is 44.9 Å². The molecule has 4 heterocycles. The minimum absolute atomic E-state index is 0.0102. The van der Waals surface area contributed by atoms with Crippen LogP contribution in [0.2, 0.25) is 0 Å². The van der Waals surface area contributed by atoms with E-state index in [-0.39, 0.29) is 97.4 Å². The van der Waals surface area contributed by atoms with Crippen molar-refractivity contribution >= 4 is 53.5 Å². The van der Waals surface area contributed by atoms with Crippen molar-refractivity contribution in [3.05, 3.63) is 71.3 Å². The van der Waals surface area contributed by atoms with E-state index in [2.05, 4.69) is 50.7 Å². The number of benzene rings is 3. The molecule has 24 nitrogen and oxygen atoms in total. The summed E-state index contributed by atoms with van der Waals surface area (Å²) in [5.74, 6) is 0.901. The summed E-state index contributed by atoms with van der Waals surface area (Å²) in [5, 5.41) is 44.7. The van der Waals surface area contributed by atoms with E-state index in [1.165, 1.54) is 17.1 Å². The van der Waals surface area contributed by atoms with Gasteiger partial charge >= 0.3 is 0 Å². The molecular weight excluding hydrogens is 805 g/mol. The summed E-state index contributed by atoms with van der Waals surface area (Å²) in [5.41, 5.74) is 20.5. The SMILES string of the molecule is CN(C)c1nc(N(C)C)nc(N(CCc2cccc(O)c2O)Nc2nc(N)nc(N(CCc3cccc(O)c3O)Nc3nc(N)nc(N(C)Cc4cccc5c4OCO5)n3)n2)n1. The van der Waals surface area contributed by atoms with E-state index in [1.807, 2.05) is 18.2 Å². The molecule has 0 fully saturated rings. The lowest BCUT2D eigenvalue weighted by Gasteiger charge is -2.27. The summed E-state index contributed by atoms with van der Waals surface area (Å²) in [6.07, 6.45) is 0.355. The van der Waals surface area contributed by atoms with E-state index in [9.17, 15) is 20.4 Å². The van der Waals surface area contributed by atoms with Crippen molar-refractivity contribution in [1.29, 1.82) is 0 Å². The molecular formula is C38H46N18O6. The largest absolute Gasteiger partial charge is 0.504 e. The van der Waals surface area contributed by atoms with Gasteiger partial charge in [-0.3, -0.25) is 20.9 Å². The number of nitrogens with two attached hydrogens (primary N) is 2. The summed E-state index contributed by atoms with van der Waals surface area (Å²) in [6.45, 7) is 0.623. The summed E-state index contributed by atoms with van der Waals surface area (Å²) >= 11 is 0. The Hall–Kier alpha value is -8.31. The Morgan fingerprint density at radius 3 is 1.56 bits per heavy atom. The van der Waals surface area contributed by atoms with Gasteiger partial charge < -0.3 is 56.1 Å². The van der Waals surface area contributed by atoms with Crippen molar-refractivity contribution < 1.29 is 29.9 Å². The normalized spacial score (nSPS) is 11.6. The number of hydrogen-bond donors (Lipinski definition) is 8. The number of phenols is 4. The molecule has 0 saturated heterocycles. The second-order valence-electron chi connectivity index (χ2n) is 14.3. The molecule has 3 aromatic heterocycles. The molecule has 0 aliphatic carbocycles. The topological polar surface area (TPSA) is 308 Å². The number of rotatable bonds is 17. The summed E-state index contributed by atoms with van der Waals surface area (Å²) < 4.78 is 11.2. The van der Waals surface area contributed by atoms with Crippen LogP contribution in [0.4, 0.5) is 53.5 Å². The number of hydrogen-bond acceptors (Lipinski definition) is 24. The third kappa shape index (κ3) is 9.59. The van der Waals surface area contributed by atoms with Gasteiger partial charge in [-0.1, -0.05) is 36.4 Å². The van der Waals surface area contributed by atoms with Gasteiger partial charge in [0, 0.05) is 60.4 Å². The maximum Gasteiger partial charge on any atom is 0.251 e. The molecule has 10 N–H and O–H groups in total. The lowest BCUT2D eigenvalue weighted by atomic mass is 10.1. The molecule has 7 rings (SSSR count). The average molecular weight is 851 g/mol. The highest BCUT2D eigenvalue weighted by Gasteiger charge is 2.23. The second kappa shape index (κ2) is 17.9. The molecule has 0 amide bonds. The first-order valence-electron chi connectivity index (χ1n) is 19.0. The van der Waals surface area contributed by atoms with Crippen LogP contribution in [0.1, 0.15) is 16.7 Å². The van der Waals surface area contributed by atoms with Gasteiger partial charge in [0.05, 0.1) is 0 Å². The van der Waals surface area contributed by atoms with Gasteiger partial charge in [-0.15, -0.1) is 0 Å². The molecule has 1 aliphatic rings. The standard InChI is InChI=1S/C38H46N18O6/c1-52(2)34-47-35(53(3)4)49-38(48-34)56(18-16-22-10-7-13-25(58)28(22)60)51-33-42-31(40)44-37(46-33)55(17-15-21-9-6-12-24(57)27(21)59)50-32-41-30(39)43-36(45-32)54(5)19-23-11-8-14-26-29(23)62-20-61-26/h6-14,57-60H,15-20H2,1-5H3,(H3,39,41,43,45,50)(H3,40,42,44,46,51). The van der Waals surface area contributed by atoms with Crippen molar-refractivity contribution in [3.63, 3.8) is 0 Å². The van der Waals surface area contributed by atoms with Crippen molar-refractivity contribution in [2.45, 2.75) is 19.4 Å². The van der Waals surface area contributed by atoms with Gasteiger partial charge in [0.15, 0.2) is 34.5 Å². The maximum atomic E-state index is 10.7. The van der Waals surface area contributed by atoms with Crippen LogP contribution in [-0.4, -0.2) is 120 Å². The summed E-state index contributed by atoms with van der Waals surface area (Å²) in [7, 11) is 8.94. The highest BCUT2D eigenvalue weighted by Crippen LogP contribution is 2.36. The molecule has 6 aromatic rings. The first-order chi connectivity index (χ1) is 29.7. The van der Waals surface area contributed by atoms with E-state index in [0.717, 1.165) is 5.56 Å². The van der Waals surface area contributed by atoms with Crippen LogP contribution in [0.25, 0.3) is 0 Å². The second-order valence-corrected chi connectivity index (χ2v) is 14.3. The number of aromatic hydroxyl groups is 4. The van der Waals surface area contributed by atoms with Gasteiger partial charge in [-0.25, -0.2) is 0 Å². The fourth-order valence-corrected chi connectivity index (χ4v) is 6.13. The van der Waals surface area contributed by atoms with E-state index in [0.29, 0.717) is 41.1 Å². The predicted octanol–water partition coefficient (Wildman–Crippen LogP) is 1.88. The lowest BCUT2D eigenvalue weighted by Crippen LogP contribution is -2.37. The number of nitrogens with one attached hydrogen (secondary N) is 2. The molecule has 0 atom stereocenters. The summed E-state index contributed by atoms with van der Waals surface area (Å²) in [4.78, 5) is 45.8. The Labute approximate surface area is 355 Å². The Morgan fingerprint density at radius 1 is 0.548 bits per heavy atom. The first-order valence-corrected chi connectivity index (χ1v) is 19.0. The quantitative estimate of drug-likeness (QED) is 0.0480. The van der Waals surface area contributed by atoms with Gasteiger partial charge in [0.1, 0.15) is 0 Å². The van der Waals surface area contributed by atoms with Crippen molar-refractivity contribution in [2.75, 3.05) is 102 Å². The van der Waals surface area contributed by atoms with Crippen LogP contribution in [0.15, 0.2) is 54.6 Å². The third-order valence-corrected chi connectivity index (χ3v) is 9.27. The average Bonchev–Trinajstić information content (AvgIpc) is 3.73. The van der Waals surface area contributed by atoms with E-state index in [1.54, 1.807) is 79.2 Å². The molecule has 0 saturated carbocycles. The zero-order chi connectivity index (χ0) is 44.1. The molecule has 0 radical (unpaired) electrons. The Balaban J connectivity index is 1.23. The number of fused-ring (bicyclic) bond motifs is 1. The van der Waals surface area contributed by atoms with E-state index >= 15 is 0 Å². The number of ether oxygens (including phenoxy) is 2. The Morgan fingerprint density at radius 2 is 1.02 bits per heavy atom. The van der Waals surface area contributed by atoms with Crippen LogP contribution in [0.5, 0.6) is 34.5 Å². The molecule has 62 heavy (non-hydrogen) atoms. The number of hydrazine groups is 2. The molecule has 0 unspecified atom stereocenters. The first kappa shape index (κ1) is 41.8. The van der Waals surface area contributed by atoms with E-state index in [4.69, 9.17) is 25.9 Å². The number of nitrogen functional groups attached to an aromatic ring is 2. The van der Waals surface area contributed by atoms with Gasteiger partial charge in [0.2, 0.25) is 48.4 Å². The van der Waals surface area contributed by atoms with Crippen molar-refractivity contribution in [1.82, 2.24) is 44.9 Å². The van der Waals surface area contributed by atoms with E-state index < -0.39 is 0 Å². The lowest BCUT2D eigenvalue weighted by molar-refractivity contribution is 0.173. The van der Waals surface area contributed by atoms with Crippen LogP contribution in [0.3, 0.4) is 0 Å². The number of aromatic nitrogens is 9. The van der Waals surface area contributed by atoms with Crippen LogP contribution < -0.4 is 56.5 Å². The fraction of sp³-hybridized carbons (Fsp3) is 0.289. The number of anilines is 9. The summed E-state index contributed by atoms with van der Waals surface area (Å²) in [6, 6.07) is 14.9. The highest BCUT2D eigenvalue weighted by molar-refractivity contribution is 5.55. The number of phenolic OH excluding ortho intramolecular Hbond substituents is 4. The van der Waals surface area contributed by atoms with Crippen LogP contribution >= 0.6 is 0 Å². The monoisotopic (exact) mass is 850 g/mol. The third-order valence-electron chi connectivity index (χ3n) is 9.27. The van der Waals surface area contributed by atoms with Crippen LogP contribution in [0, 0.1) is 0 Å². The van der Waals surface area contributed by atoms with Crippen LogP contribution in [-0.2, 0) is 19.4 Å². The Bertz CT molecular complexity index is 2520. The molecule has 3 aromatic carbocycles. The minimum Gasteiger partial charge on any atom is -0.504 e. The molecule has 0 spiro atoms. The molecule has 0 bridgehead atoms. The Kier molecular flexibility index (Phi) is 12.1. The zero-order valence-corrected chi connectivity index (χ0v) is 34.5. The zero-order valence-electron chi connectivity index (χ0n) is 34.5. The van der Waals surface area contributed by atoms with Crippen molar-refractivity contribution in [3.8, 4) is 34.5 Å². The highest BCUT2D eigenvalue weighted by atomic mass is 16.7. The van der Waals surface area contributed by atoms with Crippen molar-refractivity contribution in [2.24, 2.45) is 0 Å². The maximum absolute atomic E-state index is 10.7. The molecule has 1 aliphatic heterocycles. The predicted molar refractivity (Wildman–Crippen MR) is 231 cm³/mol. The minimum atomic E-state index is -0.292.